The van der Waals surface area contributed by atoms with E-state index < -0.39 is 0 Å². The van der Waals surface area contributed by atoms with E-state index in [1.807, 2.05) is 0 Å². The van der Waals surface area contributed by atoms with Gasteiger partial charge in [-0.3, -0.25) is 0 Å². The van der Waals surface area contributed by atoms with Gasteiger partial charge >= 0.3 is 0 Å². The van der Waals surface area contributed by atoms with Crippen molar-refractivity contribution in [2.24, 2.45) is 5.84 Å². The average Bonchev–Trinajstić information content (AvgIpc) is 2.34. The van der Waals surface area contributed by atoms with Gasteiger partial charge in [-0.15, -0.1) is 0 Å². The number of nitrogens with zero attached hydrogens (tertiary/aromatic N) is 1. The van der Waals surface area contributed by atoms with Gasteiger partial charge in [0.05, 0.1) is 0 Å². The van der Waals surface area contributed by atoms with E-state index in [2.05, 4.69) is 5.43 Å². The van der Waals surface area contributed by atoms with Crippen LogP contribution < -0.4 is 11.3 Å². The van der Waals surface area contributed by atoms with Crippen molar-refractivity contribution in [2.75, 3.05) is 6.54 Å². The van der Waals surface area contributed by atoms with Crippen LogP contribution in [-0.4, -0.2) is 11.7 Å². The molecular weight excluding hydrogens is 126 g/mol. The molecule has 56 valence electrons. The van der Waals surface area contributed by atoms with Crippen LogP contribution in [-0.2, 0) is 0 Å². The van der Waals surface area contributed by atoms with Crippen molar-refractivity contribution in [3.05, 3.63) is 11.3 Å². The number of nitrogens with one attached hydrogen (secondary N) is 1. The number of allylic oxidation sites excluding steroid dienone is 1. The Morgan fingerprint density at radius 3 is 2.90 bits per heavy atom. The summed E-state index contributed by atoms with van der Waals surface area (Å²) in [5.41, 5.74) is 5.96. The summed E-state index contributed by atoms with van der Waals surface area (Å²) in [5.74, 6) is 5.65. The summed E-state index contributed by atoms with van der Waals surface area (Å²) in [5, 5.41) is 1.69. The molecule has 3 nitrogen and oxygen atoms in total. The zero-order chi connectivity index (χ0) is 6.97. The van der Waals surface area contributed by atoms with Crippen LogP contribution >= 0.6 is 0 Å². The molecule has 0 saturated heterocycles. The molecule has 3 heteroatoms. The lowest BCUT2D eigenvalue weighted by atomic mass is 9.98. The lowest BCUT2D eigenvalue weighted by Gasteiger charge is -2.18. The highest BCUT2D eigenvalue weighted by Crippen LogP contribution is 2.27. The second kappa shape index (κ2) is 2.25. The van der Waals surface area contributed by atoms with Crippen molar-refractivity contribution >= 4 is 0 Å². The molecule has 3 N–H and O–H groups in total. The molecule has 2 rings (SSSR count). The summed E-state index contributed by atoms with van der Waals surface area (Å²) in [6, 6.07) is 0. The van der Waals surface area contributed by atoms with Gasteiger partial charge in [-0.2, -0.15) is 0 Å². The predicted molar refractivity (Wildman–Crippen MR) is 39.5 cm³/mol. The lowest BCUT2D eigenvalue weighted by Crippen LogP contribution is -2.37. The molecule has 10 heavy (non-hydrogen) atoms. The fourth-order valence-corrected chi connectivity index (χ4v) is 1.71. The molecule has 0 unspecified atom stereocenters. The first kappa shape index (κ1) is 6.19. The SMILES string of the molecule is NN1NCC2=C1CCCC2. The average molecular weight is 139 g/mol. The summed E-state index contributed by atoms with van der Waals surface area (Å²) < 4.78 is 0. The van der Waals surface area contributed by atoms with Gasteiger partial charge < -0.3 is 0 Å². The van der Waals surface area contributed by atoms with Gasteiger partial charge in [-0.25, -0.2) is 16.4 Å². The quantitative estimate of drug-likeness (QED) is 0.480. The molecule has 0 saturated carbocycles. The number of nitrogens with two attached hydrogens (primary N) is 1. The molecule has 2 aliphatic rings. The molecule has 0 atom stereocenters. The molecule has 1 aliphatic carbocycles. The normalized spacial score (nSPS) is 25.5. The number of hydrogen-bond acceptors (Lipinski definition) is 3. The Hall–Kier alpha value is -0.540. The minimum atomic E-state index is 0.978. The van der Waals surface area contributed by atoms with E-state index in [1.165, 1.54) is 37.0 Å². The summed E-state index contributed by atoms with van der Waals surface area (Å²) in [6.07, 6.45) is 5.05. The van der Waals surface area contributed by atoms with Crippen LogP contribution in [0.3, 0.4) is 0 Å². The fourth-order valence-electron chi connectivity index (χ4n) is 1.71. The Morgan fingerprint density at radius 1 is 1.30 bits per heavy atom. The Balaban J connectivity index is 2.20. The Bertz CT molecular complexity index is 174. The van der Waals surface area contributed by atoms with Crippen molar-refractivity contribution < 1.29 is 0 Å². The fraction of sp³-hybridized carbons (Fsp3) is 0.714. The minimum absolute atomic E-state index is 0.978. The van der Waals surface area contributed by atoms with Gasteiger partial charge in [0, 0.05) is 12.2 Å². The van der Waals surface area contributed by atoms with E-state index in [1.54, 1.807) is 5.12 Å². The zero-order valence-electron chi connectivity index (χ0n) is 6.06. The number of rotatable bonds is 0. The molecule has 1 aliphatic heterocycles. The summed E-state index contributed by atoms with van der Waals surface area (Å²) >= 11 is 0. The van der Waals surface area contributed by atoms with Crippen LogP contribution in [0.1, 0.15) is 25.7 Å². The molecule has 0 fully saturated rings. The molecule has 0 aromatic carbocycles. The summed E-state index contributed by atoms with van der Waals surface area (Å²) in [7, 11) is 0. The highest BCUT2D eigenvalue weighted by molar-refractivity contribution is 5.20. The van der Waals surface area contributed by atoms with Gasteiger partial charge in [0.2, 0.25) is 0 Å². The maximum absolute atomic E-state index is 5.65. The molecule has 0 aromatic rings. The monoisotopic (exact) mass is 139 g/mol. The maximum atomic E-state index is 5.65. The lowest BCUT2D eigenvalue weighted by molar-refractivity contribution is 0.281. The van der Waals surface area contributed by atoms with Gasteiger partial charge in [0.1, 0.15) is 0 Å². The van der Waals surface area contributed by atoms with E-state index in [0.29, 0.717) is 0 Å². The first-order valence-electron chi connectivity index (χ1n) is 3.87. The molecule has 0 radical (unpaired) electrons. The second-order valence-electron chi connectivity index (χ2n) is 2.96. The Morgan fingerprint density at radius 2 is 2.10 bits per heavy atom. The summed E-state index contributed by atoms with van der Waals surface area (Å²) in [4.78, 5) is 0. The van der Waals surface area contributed by atoms with Crippen LogP contribution in [0.2, 0.25) is 0 Å². The van der Waals surface area contributed by atoms with Gasteiger partial charge in [-0.1, -0.05) is 0 Å². The van der Waals surface area contributed by atoms with Gasteiger partial charge in [0.15, 0.2) is 0 Å². The third-order valence-electron chi connectivity index (χ3n) is 2.30. The van der Waals surface area contributed by atoms with E-state index in [4.69, 9.17) is 5.84 Å². The first-order valence-corrected chi connectivity index (χ1v) is 3.87. The molecule has 0 bridgehead atoms. The van der Waals surface area contributed by atoms with Crippen molar-refractivity contribution in [2.45, 2.75) is 25.7 Å². The molecule has 0 amide bonds. The molecular formula is C7H13N3. The van der Waals surface area contributed by atoms with Crippen LogP contribution in [0, 0.1) is 0 Å². The second-order valence-corrected chi connectivity index (χ2v) is 2.96. The van der Waals surface area contributed by atoms with Gasteiger partial charge in [0.25, 0.3) is 0 Å². The topological polar surface area (TPSA) is 41.3 Å². The zero-order valence-corrected chi connectivity index (χ0v) is 6.06. The first-order chi connectivity index (χ1) is 4.88. The standard InChI is InChI=1S/C7H13N3/c8-10-7-4-2-1-3-6(7)5-9-10/h9H,1-5,8H2. The smallest absolute Gasteiger partial charge is 0.0479 e. The van der Waals surface area contributed by atoms with E-state index in [0.717, 1.165) is 6.54 Å². The maximum Gasteiger partial charge on any atom is 0.0479 e. The van der Waals surface area contributed by atoms with Crippen LogP contribution in [0.15, 0.2) is 11.3 Å². The van der Waals surface area contributed by atoms with Crippen LogP contribution in [0.5, 0.6) is 0 Å². The highest BCUT2D eigenvalue weighted by atomic mass is 15.7. The molecule has 0 spiro atoms. The summed E-state index contributed by atoms with van der Waals surface area (Å²) in [6.45, 7) is 0.978. The van der Waals surface area contributed by atoms with E-state index in [-0.39, 0.29) is 0 Å². The Kier molecular flexibility index (Phi) is 1.39. The number of hydrazine groups is 2. The van der Waals surface area contributed by atoms with Crippen molar-refractivity contribution in [3.63, 3.8) is 0 Å². The van der Waals surface area contributed by atoms with Crippen molar-refractivity contribution in [1.29, 1.82) is 0 Å². The minimum Gasteiger partial charge on any atom is -0.248 e. The predicted octanol–water partition coefficient (Wildman–Crippen LogP) is 0.508. The van der Waals surface area contributed by atoms with Crippen LogP contribution in [0.25, 0.3) is 0 Å². The highest BCUT2D eigenvalue weighted by Gasteiger charge is 2.21. The van der Waals surface area contributed by atoms with Crippen LogP contribution in [0.4, 0.5) is 0 Å². The number of hydrogen-bond donors (Lipinski definition) is 2. The molecule has 0 aromatic heterocycles. The molecule has 1 heterocycles. The largest absolute Gasteiger partial charge is 0.248 e. The van der Waals surface area contributed by atoms with E-state index in [9.17, 15) is 0 Å². The van der Waals surface area contributed by atoms with Crippen molar-refractivity contribution in [3.8, 4) is 0 Å². The van der Waals surface area contributed by atoms with E-state index >= 15 is 0 Å². The third-order valence-corrected chi connectivity index (χ3v) is 2.30. The third kappa shape index (κ3) is 0.822. The Labute approximate surface area is 60.8 Å². The van der Waals surface area contributed by atoms with Gasteiger partial charge in [-0.05, 0) is 31.3 Å². The van der Waals surface area contributed by atoms with Crippen molar-refractivity contribution in [1.82, 2.24) is 10.5 Å².